The number of amides is 1. The van der Waals surface area contributed by atoms with Crippen LogP contribution in [0.3, 0.4) is 0 Å². The Kier molecular flexibility index (Phi) is 6.32. The number of nitrogen functional groups attached to an aromatic ring is 1. The number of esters is 2. The fraction of sp³-hybridized carbons (Fsp3) is 0.357. The molecule has 10 heteroatoms. The van der Waals surface area contributed by atoms with E-state index < -0.39 is 30.5 Å². The van der Waals surface area contributed by atoms with Crippen molar-refractivity contribution in [3.05, 3.63) is 23.8 Å². The zero-order valence-corrected chi connectivity index (χ0v) is 13.5. The Labute approximate surface area is 138 Å². The van der Waals surface area contributed by atoms with Crippen molar-refractivity contribution < 1.29 is 33.9 Å². The minimum absolute atomic E-state index is 0.100. The Balaban J connectivity index is 3.37. The van der Waals surface area contributed by atoms with Gasteiger partial charge in [0.2, 0.25) is 11.4 Å². The Morgan fingerprint density at radius 3 is 2.12 bits per heavy atom. The van der Waals surface area contributed by atoms with Crippen molar-refractivity contribution in [1.82, 2.24) is 5.32 Å². The summed E-state index contributed by atoms with van der Waals surface area (Å²) in [5.41, 5.74) is 4.28. The Hall–Kier alpha value is -2.59. The van der Waals surface area contributed by atoms with Crippen molar-refractivity contribution in [3.63, 3.8) is 0 Å². The predicted octanol–water partition coefficient (Wildman–Crippen LogP) is -2.29. The number of nitrogens with two attached hydrogens (primary N) is 1. The third-order valence-electron chi connectivity index (χ3n) is 3.38. The van der Waals surface area contributed by atoms with E-state index in [-0.39, 0.29) is 17.6 Å². The van der Waals surface area contributed by atoms with Crippen molar-refractivity contribution in [2.75, 3.05) is 20.0 Å². The minimum atomic E-state index is -2.11. The topological polar surface area (TPSA) is 148 Å². The summed E-state index contributed by atoms with van der Waals surface area (Å²) in [6.07, 6.45) is -0.334. The molecule has 130 valence electrons. The summed E-state index contributed by atoms with van der Waals surface area (Å²) >= 11 is 0. The highest BCUT2D eigenvalue weighted by molar-refractivity contribution is 6.58. The summed E-state index contributed by atoms with van der Waals surface area (Å²) in [6.45, 7) is 1.13. The molecule has 0 radical (unpaired) electrons. The first-order valence-electron chi connectivity index (χ1n) is 6.88. The van der Waals surface area contributed by atoms with Crippen LogP contribution in [0.1, 0.15) is 12.5 Å². The van der Waals surface area contributed by atoms with E-state index in [1.54, 1.807) is 0 Å². The van der Waals surface area contributed by atoms with Gasteiger partial charge in [0.25, 0.3) is 0 Å². The third kappa shape index (κ3) is 4.03. The fourth-order valence-corrected chi connectivity index (χ4v) is 2.24. The lowest BCUT2D eigenvalue weighted by Crippen LogP contribution is -2.62. The molecule has 1 amide bonds. The molecule has 0 atom stereocenters. The van der Waals surface area contributed by atoms with Gasteiger partial charge in [-0.1, -0.05) is 12.1 Å². The lowest BCUT2D eigenvalue weighted by molar-refractivity contribution is -0.165. The number of methoxy groups -OCH3 is 2. The van der Waals surface area contributed by atoms with Gasteiger partial charge in [0.15, 0.2) is 0 Å². The number of nitrogens with one attached hydrogen (secondary N) is 1. The van der Waals surface area contributed by atoms with E-state index in [1.165, 1.54) is 18.2 Å². The maximum atomic E-state index is 12.2. The van der Waals surface area contributed by atoms with E-state index >= 15 is 0 Å². The van der Waals surface area contributed by atoms with Gasteiger partial charge in [0, 0.05) is 19.0 Å². The van der Waals surface area contributed by atoms with E-state index in [9.17, 15) is 14.4 Å². The molecule has 0 spiro atoms. The van der Waals surface area contributed by atoms with Crippen LogP contribution in [-0.4, -0.2) is 54.8 Å². The molecular formula is C14H19BN2O7. The molecule has 9 nitrogen and oxygen atoms in total. The second-order valence-corrected chi connectivity index (χ2v) is 5.08. The molecule has 0 aliphatic heterocycles. The summed E-state index contributed by atoms with van der Waals surface area (Å²) in [5.74, 6) is -2.68. The maximum Gasteiger partial charge on any atom is 0.488 e. The van der Waals surface area contributed by atoms with Crippen molar-refractivity contribution in [2.24, 2.45) is 0 Å². The van der Waals surface area contributed by atoms with Gasteiger partial charge >= 0.3 is 19.1 Å². The lowest BCUT2D eigenvalue weighted by Gasteiger charge is -2.29. The minimum Gasteiger partial charge on any atom is -0.467 e. The smallest absolute Gasteiger partial charge is 0.467 e. The first-order chi connectivity index (χ1) is 11.2. The van der Waals surface area contributed by atoms with E-state index in [1.807, 2.05) is 0 Å². The van der Waals surface area contributed by atoms with Gasteiger partial charge in [0.05, 0.1) is 14.2 Å². The van der Waals surface area contributed by atoms with Gasteiger partial charge in [-0.15, -0.1) is 0 Å². The molecule has 5 N–H and O–H groups in total. The van der Waals surface area contributed by atoms with Gasteiger partial charge in [-0.05, 0) is 17.1 Å². The highest BCUT2D eigenvalue weighted by Crippen LogP contribution is 2.21. The number of carbonyl (C=O) groups excluding carboxylic acids is 3. The summed E-state index contributed by atoms with van der Waals surface area (Å²) in [4.78, 5) is 35.9. The molecule has 0 bridgehead atoms. The fourth-order valence-electron chi connectivity index (χ4n) is 2.24. The Bertz CT molecular complexity index is 632. The van der Waals surface area contributed by atoms with Crippen molar-refractivity contribution in [3.8, 4) is 0 Å². The van der Waals surface area contributed by atoms with Crippen LogP contribution in [0.2, 0.25) is 0 Å². The summed E-state index contributed by atoms with van der Waals surface area (Å²) < 4.78 is 9.28. The lowest BCUT2D eigenvalue weighted by atomic mass is 9.78. The van der Waals surface area contributed by atoms with Crippen LogP contribution in [0.25, 0.3) is 0 Å². The number of benzene rings is 1. The number of hydrogen-bond donors (Lipinski definition) is 4. The van der Waals surface area contributed by atoms with Crippen LogP contribution < -0.4 is 16.5 Å². The van der Waals surface area contributed by atoms with Crippen molar-refractivity contribution in [2.45, 2.75) is 18.9 Å². The van der Waals surface area contributed by atoms with E-state index in [0.29, 0.717) is 5.56 Å². The summed E-state index contributed by atoms with van der Waals surface area (Å²) in [7, 11) is 0.412. The van der Waals surface area contributed by atoms with Crippen LogP contribution in [-0.2, 0) is 30.3 Å². The third-order valence-corrected chi connectivity index (χ3v) is 3.38. The van der Waals surface area contributed by atoms with Gasteiger partial charge in [-0.2, -0.15) is 0 Å². The quantitative estimate of drug-likeness (QED) is 0.196. The van der Waals surface area contributed by atoms with E-state index in [0.717, 1.165) is 21.1 Å². The van der Waals surface area contributed by atoms with Gasteiger partial charge < -0.3 is 30.6 Å². The second-order valence-electron chi connectivity index (χ2n) is 5.08. The Morgan fingerprint density at radius 1 is 1.21 bits per heavy atom. The van der Waals surface area contributed by atoms with E-state index in [4.69, 9.17) is 15.8 Å². The summed E-state index contributed by atoms with van der Waals surface area (Å²) in [6, 6.07) is 4.06. The zero-order chi connectivity index (χ0) is 18.5. The van der Waals surface area contributed by atoms with Crippen molar-refractivity contribution in [1.29, 1.82) is 0 Å². The molecule has 1 rings (SSSR count). The van der Waals surface area contributed by atoms with Crippen LogP contribution >= 0.6 is 0 Å². The van der Waals surface area contributed by atoms with Crippen molar-refractivity contribution >= 4 is 36.1 Å². The molecule has 0 aliphatic carbocycles. The molecule has 0 aromatic heterocycles. The number of carbonyl (C=O) groups is 3. The predicted molar refractivity (Wildman–Crippen MR) is 85.0 cm³/mol. The van der Waals surface area contributed by atoms with E-state index in [2.05, 4.69) is 14.8 Å². The van der Waals surface area contributed by atoms with Gasteiger partial charge in [-0.3, -0.25) is 4.79 Å². The monoisotopic (exact) mass is 338 g/mol. The molecule has 0 saturated carbocycles. The highest BCUT2D eigenvalue weighted by Gasteiger charge is 2.50. The first kappa shape index (κ1) is 19.5. The highest BCUT2D eigenvalue weighted by atomic mass is 16.5. The number of ether oxygens (including phenoxy) is 2. The molecule has 0 aliphatic rings. The number of anilines is 1. The molecule has 0 saturated heterocycles. The van der Waals surface area contributed by atoms with Crippen LogP contribution in [0.15, 0.2) is 18.2 Å². The van der Waals surface area contributed by atoms with Gasteiger partial charge in [-0.25, -0.2) is 9.59 Å². The molecule has 0 heterocycles. The molecule has 1 aromatic carbocycles. The maximum absolute atomic E-state index is 12.2. The van der Waals surface area contributed by atoms with Crippen LogP contribution in [0, 0.1) is 0 Å². The second kappa shape index (κ2) is 7.80. The standard InChI is InChI=1S/C14H19BN2O7/c1-8(18)17-14(12(19)23-2,13(20)24-3)7-9-4-5-10(15(21)22)6-11(9)16/h4-6,21-22H,7,16H2,1-3H3,(H,17,18). The molecular weight excluding hydrogens is 319 g/mol. The molecule has 0 unspecified atom stereocenters. The Morgan fingerprint density at radius 2 is 1.75 bits per heavy atom. The first-order valence-corrected chi connectivity index (χ1v) is 6.88. The number of hydrogen-bond acceptors (Lipinski definition) is 8. The SMILES string of the molecule is COC(=O)C(Cc1ccc(B(O)O)cc1N)(NC(C)=O)C(=O)OC. The molecule has 1 aromatic rings. The van der Waals surface area contributed by atoms with Gasteiger partial charge in [0.1, 0.15) is 0 Å². The molecule has 24 heavy (non-hydrogen) atoms. The van der Waals surface area contributed by atoms with Crippen LogP contribution in [0.5, 0.6) is 0 Å². The van der Waals surface area contributed by atoms with Crippen LogP contribution in [0.4, 0.5) is 5.69 Å². The average molecular weight is 338 g/mol. The average Bonchev–Trinajstić information content (AvgIpc) is 2.53. The zero-order valence-electron chi connectivity index (χ0n) is 13.5. The number of rotatable bonds is 6. The molecule has 0 fully saturated rings. The largest absolute Gasteiger partial charge is 0.488 e. The normalized spacial score (nSPS) is 10.7. The summed E-state index contributed by atoms with van der Waals surface area (Å²) in [5, 5.41) is 20.5.